The van der Waals surface area contributed by atoms with Crippen molar-refractivity contribution in [1.29, 1.82) is 0 Å². The average Bonchev–Trinajstić information content (AvgIpc) is 2.45. The van der Waals surface area contributed by atoms with Gasteiger partial charge in [-0.25, -0.2) is 4.79 Å². The van der Waals surface area contributed by atoms with E-state index in [1.165, 1.54) is 7.11 Å². The molecule has 3 atom stereocenters. The van der Waals surface area contributed by atoms with Crippen molar-refractivity contribution in [2.45, 2.75) is 32.4 Å². The zero-order valence-electron chi connectivity index (χ0n) is 12.5. The van der Waals surface area contributed by atoms with Crippen molar-refractivity contribution >= 4 is 24.3 Å². The lowest BCUT2D eigenvalue weighted by Crippen LogP contribution is -2.48. The summed E-state index contributed by atoms with van der Waals surface area (Å²) >= 11 is 0. The third kappa shape index (κ3) is 6.14. The minimum atomic E-state index is -0.698. The number of carbonyl (C=O) groups is 2. The van der Waals surface area contributed by atoms with Gasteiger partial charge in [-0.05, 0) is 12.5 Å². The summed E-state index contributed by atoms with van der Waals surface area (Å²) in [4.78, 5) is 23.8. The van der Waals surface area contributed by atoms with Crippen molar-refractivity contribution in [3.63, 3.8) is 0 Å². The second kappa shape index (κ2) is 9.37. The molecule has 0 aliphatic carbocycles. The number of amides is 1. The molecule has 1 aromatic rings. The van der Waals surface area contributed by atoms with Gasteiger partial charge in [-0.15, -0.1) is 12.4 Å². The average molecular weight is 315 g/mol. The van der Waals surface area contributed by atoms with Crippen LogP contribution in [0.5, 0.6) is 0 Å². The van der Waals surface area contributed by atoms with Crippen molar-refractivity contribution in [3.8, 4) is 0 Å². The van der Waals surface area contributed by atoms with Gasteiger partial charge in [0.25, 0.3) is 0 Å². The topological polar surface area (TPSA) is 81.4 Å². The number of hydrogen-bond acceptors (Lipinski definition) is 4. The number of esters is 1. The smallest absolute Gasteiger partial charge is 0.328 e. The predicted octanol–water partition coefficient (Wildman–Crippen LogP) is 1.29. The van der Waals surface area contributed by atoms with Crippen LogP contribution in [0.3, 0.4) is 0 Å². The van der Waals surface area contributed by atoms with E-state index in [2.05, 4.69) is 5.32 Å². The molecule has 1 amide bonds. The molecule has 0 aliphatic heterocycles. The largest absolute Gasteiger partial charge is 0.467 e. The molecule has 0 radical (unpaired) electrons. The molecule has 0 aliphatic rings. The third-order valence-electron chi connectivity index (χ3n) is 3.29. The maximum Gasteiger partial charge on any atom is 0.328 e. The molecule has 3 N–H and O–H groups in total. The van der Waals surface area contributed by atoms with E-state index in [-0.39, 0.29) is 30.3 Å². The lowest BCUT2D eigenvalue weighted by molar-refractivity contribution is -0.145. The minimum Gasteiger partial charge on any atom is -0.467 e. The van der Waals surface area contributed by atoms with Crippen LogP contribution in [-0.2, 0) is 20.7 Å². The molecule has 0 saturated heterocycles. The Labute approximate surface area is 131 Å². The van der Waals surface area contributed by atoms with E-state index in [1.54, 1.807) is 13.8 Å². The van der Waals surface area contributed by atoms with Crippen LogP contribution in [0, 0.1) is 5.92 Å². The van der Waals surface area contributed by atoms with Crippen LogP contribution in [-0.4, -0.2) is 31.1 Å². The maximum absolute atomic E-state index is 12.0. The van der Waals surface area contributed by atoms with Gasteiger partial charge in [-0.1, -0.05) is 37.3 Å². The van der Waals surface area contributed by atoms with Crippen LogP contribution in [0.25, 0.3) is 0 Å². The third-order valence-corrected chi connectivity index (χ3v) is 3.29. The number of ether oxygens (including phenoxy) is 1. The van der Waals surface area contributed by atoms with Crippen LogP contribution in [0.2, 0.25) is 0 Å². The number of hydrogen-bond donors (Lipinski definition) is 2. The lowest BCUT2D eigenvalue weighted by Gasteiger charge is -2.21. The first kappa shape index (κ1) is 19.4. The summed E-state index contributed by atoms with van der Waals surface area (Å²) < 4.78 is 4.74. The van der Waals surface area contributed by atoms with Crippen molar-refractivity contribution in [3.05, 3.63) is 35.9 Å². The Hall–Kier alpha value is -1.59. The van der Waals surface area contributed by atoms with Crippen LogP contribution in [0.1, 0.15) is 19.4 Å². The molecular weight excluding hydrogens is 292 g/mol. The van der Waals surface area contributed by atoms with E-state index >= 15 is 0 Å². The molecule has 1 aromatic carbocycles. The van der Waals surface area contributed by atoms with E-state index in [1.807, 2.05) is 30.3 Å². The second-order valence-corrected chi connectivity index (χ2v) is 4.92. The quantitative estimate of drug-likeness (QED) is 0.775. The number of methoxy groups -OCH3 is 1. The van der Waals surface area contributed by atoms with Crippen LogP contribution in [0.4, 0.5) is 0 Å². The Bertz CT molecular complexity index is 451. The highest BCUT2D eigenvalue weighted by Gasteiger charge is 2.25. The lowest BCUT2D eigenvalue weighted by atomic mass is 10.0. The number of nitrogens with two attached hydrogens (primary N) is 1. The van der Waals surface area contributed by atoms with Crippen molar-refractivity contribution in [2.24, 2.45) is 11.7 Å². The molecular formula is C15H23ClN2O3. The summed E-state index contributed by atoms with van der Waals surface area (Å²) in [5.74, 6) is -1.07. The molecule has 0 spiro atoms. The molecule has 3 unspecified atom stereocenters. The van der Waals surface area contributed by atoms with Gasteiger partial charge >= 0.3 is 5.97 Å². The Kier molecular flexibility index (Phi) is 8.66. The summed E-state index contributed by atoms with van der Waals surface area (Å²) in [6, 6.07) is 8.49. The number of halogens is 1. The van der Waals surface area contributed by atoms with Crippen molar-refractivity contribution < 1.29 is 14.3 Å². The van der Waals surface area contributed by atoms with Gasteiger partial charge in [0.05, 0.1) is 7.11 Å². The molecule has 118 valence electrons. The van der Waals surface area contributed by atoms with E-state index in [4.69, 9.17) is 10.5 Å². The molecule has 0 heterocycles. The molecule has 5 nitrogen and oxygen atoms in total. The molecule has 0 aromatic heterocycles. The zero-order chi connectivity index (χ0) is 15.1. The van der Waals surface area contributed by atoms with E-state index in [0.717, 1.165) is 5.56 Å². The molecule has 6 heteroatoms. The van der Waals surface area contributed by atoms with Gasteiger partial charge in [0.1, 0.15) is 6.04 Å². The predicted molar refractivity (Wildman–Crippen MR) is 84.2 cm³/mol. The molecule has 0 fully saturated rings. The molecule has 0 bridgehead atoms. The zero-order valence-corrected chi connectivity index (χ0v) is 13.4. The molecule has 0 saturated carbocycles. The van der Waals surface area contributed by atoms with Gasteiger partial charge in [0, 0.05) is 18.4 Å². The fourth-order valence-electron chi connectivity index (χ4n) is 1.73. The summed E-state index contributed by atoms with van der Waals surface area (Å²) in [6.45, 7) is 3.49. The van der Waals surface area contributed by atoms with E-state index < -0.39 is 12.0 Å². The Morgan fingerprint density at radius 3 is 2.29 bits per heavy atom. The first-order valence-electron chi connectivity index (χ1n) is 6.63. The highest BCUT2D eigenvalue weighted by Crippen LogP contribution is 2.07. The van der Waals surface area contributed by atoms with Crippen LogP contribution < -0.4 is 11.1 Å². The van der Waals surface area contributed by atoms with E-state index in [0.29, 0.717) is 6.42 Å². The molecule has 21 heavy (non-hydrogen) atoms. The number of benzene rings is 1. The first-order chi connectivity index (χ1) is 9.45. The maximum atomic E-state index is 12.0. The Balaban J connectivity index is 0.00000400. The summed E-state index contributed by atoms with van der Waals surface area (Å²) in [7, 11) is 1.31. The monoisotopic (exact) mass is 314 g/mol. The summed E-state index contributed by atoms with van der Waals surface area (Å²) in [6.07, 6.45) is 0.394. The van der Waals surface area contributed by atoms with Crippen molar-refractivity contribution in [2.75, 3.05) is 7.11 Å². The normalized spacial score (nSPS) is 14.3. The Morgan fingerprint density at radius 2 is 1.81 bits per heavy atom. The Morgan fingerprint density at radius 1 is 1.24 bits per heavy atom. The van der Waals surface area contributed by atoms with Gasteiger partial charge in [-0.2, -0.15) is 0 Å². The number of nitrogens with one attached hydrogen (secondary N) is 1. The van der Waals surface area contributed by atoms with Gasteiger partial charge in [0.15, 0.2) is 0 Å². The van der Waals surface area contributed by atoms with Crippen LogP contribution in [0.15, 0.2) is 30.3 Å². The molecule has 1 rings (SSSR count). The summed E-state index contributed by atoms with van der Waals surface area (Å²) in [5, 5.41) is 2.70. The standard InChI is InChI=1S/C15H22N2O3.ClH/c1-10(11(2)16)14(18)17-13(15(19)20-3)9-12-7-5-4-6-8-12;/h4-8,10-11,13H,9,16H2,1-3H3,(H,17,18);1H. The van der Waals surface area contributed by atoms with Gasteiger partial charge in [0.2, 0.25) is 5.91 Å². The fourth-order valence-corrected chi connectivity index (χ4v) is 1.73. The van der Waals surface area contributed by atoms with Crippen molar-refractivity contribution in [1.82, 2.24) is 5.32 Å². The van der Waals surface area contributed by atoms with E-state index in [9.17, 15) is 9.59 Å². The second-order valence-electron chi connectivity index (χ2n) is 4.92. The number of rotatable bonds is 6. The van der Waals surface area contributed by atoms with Crippen LogP contribution >= 0.6 is 12.4 Å². The SMILES string of the molecule is COC(=O)C(Cc1ccccc1)NC(=O)C(C)C(C)N.Cl. The van der Waals surface area contributed by atoms with Gasteiger partial charge in [-0.3, -0.25) is 4.79 Å². The summed E-state index contributed by atoms with van der Waals surface area (Å²) in [5.41, 5.74) is 6.65. The number of carbonyl (C=O) groups excluding carboxylic acids is 2. The first-order valence-corrected chi connectivity index (χ1v) is 6.63. The fraction of sp³-hybridized carbons (Fsp3) is 0.467. The minimum absolute atomic E-state index is 0. The highest BCUT2D eigenvalue weighted by atomic mass is 35.5. The van der Waals surface area contributed by atoms with Gasteiger partial charge < -0.3 is 15.8 Å². The highest BCUT2D eigenvalue weighted by molar-refractivity contribution is 5.86.